The molecule has 3 heterocycles. The predicted octanol–water partition coefficient (Wildman–Crippen LogP) is 7.75. The number of methoxy groups -OCH3 is 1. The summed E-state index contributed by atoms with van der Waals surface area (Å²) in [5.41, 5.74) is -0.134. The Kier molecular flexibility index (Phi) is 8.17. The molecule has 1 atom stereocenters. The molecule has 0 aliphatic carbocycles. The number of ether oxygens (including phenoxy) is 1. The Balaban J connectivity index is 1.86. The van der Waals surface area contributed by atoms with Gasteiger partial charge in [-0.05, 0) is 37.2 Å². The van der Waals surface area contributed by atoms with E-state index in [9.17, 15) is 13.2 Å². The van der Waals surface area contributed by atoms with Crippen LogP contribution in [0.25, 0.3) is 33.8 Å². The summed E-state index contributed by atoms with van der Waals surface area (Å²) in [6.45, 7) is 12.0. The van der Waals surface area contributed by atoms with Gasteiger partial charge in [-0.25, -0.2) is 9.97 Å². The number of benzene rings is 1. The second kappa shape index (κ2) is 11.0. The van der Waals surface area contributed by atoms with E-state index in [1.54, 1.807) is 31.2 Å². The lowest BCUT2D eigenvalue weighted by Crippen LogP contribution is -2.44. The largest absolute Gasteiger partial charge is 0.495 e. The molecule has 0 fully saturated rings. The first kappa shape index (κ1) is 29.8. The molecule has 4 aromatic rings. The second-order valence-corrected chi connectivity index (χ2v) is 16.1. The molecular weight excluding hydrogens is 563 g/mol. The Hall–Kier alpha value is -3.22. The molecule has 0 aliphatic rings. The summed E-state index contributed by atoms with van der Waals surface area (Å²) in [6.07, 6.45) is -1.38. The molecule has 0 N–H and O–H groups in total. The lowest BCUT2D eigenvalue weighted by atomic mass is 9.99. The van der Waals surface area contributed by atoms with Crippen molar-refractivity contribution in [3.8, 4) is 39.6 Å². The summed E-state index contributed by atoms with van der Waals surface area (Å²) in [7, 11) is -0.768. The lowest BCUT2D eigenvalue weighted by Gasteiger charge is -2.38. The second-order valence-electron chi connectivity index (χ2n) is 10.9. The predicted molar refractivity (Wildman–Crippen MR) is 148 cm³/mol. The van der Waals surface area contributed by atoms with Crippen molar-refractivity contribution in [3.63, 3.8) is 0 Å². The molecule has 8 nitrogen and oxygen atoms in total. The van der Waals surface area contributed by atoms with Crippen LogP contribution in [0.3, 0.4) is 0 Å². The maximum atomic E-state index is 14.6. The molecule has 214 valence electrons. The number of aromatic nitrogens is 5. The highest BCUT2D eigenvalue weighted by molar-refractivity contribution is 6.74. The summed E-state index contributed by atoms with van der Waals surface area (Å²) in [5, 5.41) is 8.39. The van der Waals surface area contributed by atoms with Gasteiger partial charge < -0.3 is 13.7 Å². The Labute approximate surface area is 236 Å². The van der Waals surface area contributed by atoms with Crippen LogP contribution in [-0.4, -0.2) is 46.4 Å². The number of hydrogen-bond donors (Lipinski definition) is 0. The SMILES string of the molecule is COc1cccc(-c2noc(-c3cnn(C[C@@H](C)O[Si](C)(C)C(C)(C)C)c3C(F)(F)F)c2-c2ccncn2)c1Cl. The first-order valence-electron chi connectivity index (χ1n) is 12.6. The van der Waals surface area contributed by atoms with E-state index in [0.717, 1.165) is 10.9 Å². The van der Waals surface area contributed by atoms with Gasteiger partial charge in [0.25, 0.3) is 0 Å². The average molecular weight is 594 g/mol. The van der Waals surface area contributed by atoms with E-state index in [1.807, 2.05) is 0 Å². The van der Waals surface area contributed by atoms with E-state index in [0.29, 0.717) is 17.0 Å². The van der Waals surface area contributed by atoms with Crippen molar-refractivity contribution in [1.82, 2.24) is 24.9 Å². The molecule has 0 saturated heterocycles. The fourth-order valence-corrected chi connectivity index (χ4v) is 5.86. The maximum Gasteiger partial charge on any atom is 0.433 e. The van der Waals surface area contributed by atoms with Gasteiger partial charge in [-0.1, -0.05) is 49.7 Å². The Morgan fingerprint density at radius 3 is 2.45 bits per heavy atom. The molecule has 0 spiro atoms. The van der Waals surface area contributed by atoms with Crippen molar-refractivity contribution in [2.75, 3.05) is 7.11 Å². The smallest absolute Gasteiger partial charge is 0.433 e. The third-order valence-electron chi connectivity index (χ3n) is 7.05. The van der Waals surface area contributed by atoms with Gasteiger partial charge in [0.15, 0.2) is 19.8 Å². The van der Waals surface area contributed by atoms with Crippen LogP contribution in [0.1, 0.15) is 33.4 Å². The standard InChI is InChI=1S/C27H31ClF3N5O3Si/c1-16(39-40(6,7)26(2,3)4)14-36-25(27(29,30)31)18(13-34-36)24-21(19-11-12-32-15-33-19)23(35-38-24)17-9-8-10-20(37-5)22(17)28/h8-13,15-16H,14H2,1-7H3/t16-/m1/s1. The molecule has 0 aliphatic heterocycles. The van der Waals surface area contributed by atoms with E-state index < -0.39 is 26.3 Å². The number of alkyl halides is 3. The molecule has 40 heavy (non-hydrogen) atoms. The zero-order valence-corrected chi connectivity index (χ0v) is 25.1. The van der Waals surface area contributed by atoms with E-state index in [2.05, 4.69) is 54.1 Å². The normalized spacial score (nSPS) is 13.5. The van der Waals surface area contributed by atoms with Gasteiger partial charge in [0.1, 0.15) is 17.8 Å². The van der Waals surface area contributed by atoms with Crippen LogP contribution in [0.4, 0.5) is 13.2 Å². The van der Waals surface area contributed by atoms with Crippen molar-refractivity contribution in [2.24, 2.45) is 0 Å². The van der Waals surface area contributed by atoms with Gasteiger partial charge in [0, 0.05) is 11.8 Å². The zero-order valence-electron chi connectivity index (χ0n) is 23.3. The van der Waals surface area contributed by atoms with Crippen LogP contribution in [0.5, 0.6) is 5.75 Å². The molecule has 0 saturated carbocycles. The van der Waals surface area contributed by atoms with Crippen LogP contribution in [0.2, 0.25) is 23.2 Å². The van der Waals surface area contributed by atoms with Crippen LogP contribution < -0.4 is 4.74 Å². The van der Waals surface area contributed by atoms with Crippen LogP contribution in [0, 0.1) is 0 Å². The van der Waals surface area contributed by atoms with E-state index in [1.165, 1.54) is 19.6 Å². The Bertz CT molecular complexity index is 1480. The molecule has 1 aromatic carbocycles. The van der Waals surface area contributed by atoms with E-state index >= 15 is 0 Å². The Morgan fingerprint density at radius 1 is 1.12 bits per heavy atom. The molecule has 0 bridgehead atoms. The number of halogens is 4. The van der Waals surface area contributed by atoms with Crippen LogP contribution >= 0.6 is 11.6 Å². The molecule has 3 aromatic heterocycles. The van der Waals surface area contributed by atoms with E-state index in [-0.39, 0.29) is 39.2 Å². The first-order chi connectivity index (χ1) is 18.7. The Morgan fingerprint density at radius 2 is 1.85 bits per heavy atom. The fraction of sp³-hybridized carbons (Fsp3) is 0.407. The van der Waals surface area contributed by atoms with Crippen molar-refractivity contribution >= 4 is 19.9 Å². The number of hydrogen-bond acceptors (Lipinski definition) is 7. The summed E-state index contributed by atoms with van der Waals surface area (Å²) in [5.74, 6) is 0.223. The molecule has 4 rings (SSSR count). The van der Waals surface area contributed by atoms with Crippen molar-refractivity contribution in [2.45, 2.75) is 64.7 Å². The van der Waals surface area contributed by atoms with Gasteiger partial charge >= 0.3 is 6.18 Å². The lowest BCUT2D eigenvalue weighted by molar-refractivity contribution is -0.144. The highest BCUT2D eigenvalue weighted by atomic mass is 35.5. The fourth-order valence-electron chi connectivity index (χ4n) is 4.13. The van der Waals surface area contributed by atoms with Gasteiger partial charge in [0.2, 0.25) is 0 Å². The third-order valence-corrected chi connectivity index (χ3v) is 12.0. The summed E-state index contributed by atoms with van der Waals surface area (Å²) in [6, 6.07) is 6.59. The summed E-state index contributed by atoms with van der Waals surface area (Å²) in [4.78, 5) is 8.20. The minimum Gasteiger partial charge on any atom is -0.495 e. The highest BCUT2D eigenvalue weighted by Crippen LogP contribution is 2.46. The summed E-state index contributed by atoms with van der Waals surface area (Å²) >= 11 is 6.56. The molecule has 13 heteroatoms. The first-order valence-corrected chi connectivity index (χ1v) is 15.8. The van der Waals surface area contributed by atoms with Crippen LogP contribution in [-0.2, 0) is 17.1 Å². The maximum absolute atomic E-state index is 14.6. The topological polar surface area (TPSA) is 88.1 Å². The minimum atomic E-state index is -4.76. The molecule has 0 unspecified atom stereocenters. The van der Waals surface area contributed by atoms with Gasteiger partial charge in [-0.2, -0.15) is 18.3 Å². The van der Waals surface area contributed by atoms with Crippen molar-refractivity contribution < 1.29 is 26.9 Å². The van der Waals surface area contributed by atoms with Gasteiger partial charge in [0.05, 0.1) is 47.8 Å². The summed E-state index contributed by atoms with van der Waals surface area (Å²) < 4.78 is 62.0. The molecule has 0 amide bonds. The number of rotatable bonds is 8. The zero-order chi connectivity index (χ0) is 29.5. The van der Waals surface area contributed by atoms with Crippen molar-refractivity contribution in [1.29, 1.82) is 0 Å². The molecule has 0 radical (unpaired) electrons. The van der Waals surface area contributed by atoms with E-state index in [4.69, 9.17) is 25.3 Å². The quantitative estimate of drug-likeness (QED) is 0.193. The highest BCUT2D eigenvalue weighted by Gasteiger charge is 2.42. The van der Waals surface area contributed by atoms with Crippen molar-refractivity contribution in [3.05, 3.63) is 53.7 Å². The average Bonchev–Trinajstić information content (AvgIpc) is 3.48. The van der Waals surface area contributed by atoms with Gasteiger partial charge in [-0.3, -0.25) is 4.68 Å². The molecular formula is C27H31ClF3N5O3Si. The third kappa shape index (κ3) is 5.79. The monoisotopic (exact) mass is 593 g/mol. The van der Waals surface area contributed by atoms with Gasteiger partial charge in [-0.15, -0.1) is 0 Å². The minimum absolute atomic E-state index is 0.104. The van der Waals surface area contributed by atoms with Crippen LogP contribution in [0.15, 0.2) is 47.5 Å². The number of nitrogens with zero attached hydrogens (tertiary/aromatic N) is 5.